The zero-order valence-corrected chi connectivity index (χ0v) is 14.0. The molecule has 0 amide bonds. The highest BCUT2D eigenvalue weighted by Crippen LogP contribution is 2.32. The summed E-state index contributed by atoms with van der Waals surface area (Å²) in [5, 5.41) is 12.7. The Labute approximate surface area is 125 Å². The molecule has 0 heterocycles. The maximum absolute atomic E-state index is 12.7. The lowest BCUT2D eigenvalue weighted by atomic mass is 9.85. The molecule has 0 saturated heterocycles. The average molecular weight is 275 g/mol. The summed E-state index contributed by atoms with van der Waals surface area (Å²) in [5.41, 5.74) is 5.16. The molecule has 1 atom stereocenters. The minimum atomic E-state index is -0.575. The van der Waals surface area contributed by atoms with E-state index in [9.17, 15) is 5.11 Å². The Balaban J connectivity index is 3.33. The van der Waals surface area contributed by atoms with Crippen LogP contribution in [0.15, 0.2) is 12.1 Å². The Morgan fingerprint density at radius 3 is 1.65 bits per heavy atom. The van der Waals surface area contributed by atoms with E-state index in [0.29, 0.717) is 0 Å². The van der Waals surface area contributed by atoms with Crippen molar-refractivity contribution >= 4 is 0 Å². The molecular weight excluding hydrogens is 244 g/mol. The molecule has 1 aromatic rings. The molecule has 1 rings (SSSR count). The largest absolute Gasteiger partial charge is 0.228 e. The Kier molecular flexibility index (Phi) is 7.29. The number of hydrogen-bond acceptors (Lipinski definition) is 0. The molecule has 0 spiro atoms. The maximum atomic E-state index is 12.7. The first-order valence-electron chi connectivity index (χ1n) is 8.35. The van der Waals surface area contributed by atoms with Gasteiger partial charge >= 0.3 is 0 Å². The molecule has 0 aliphatic heterocycles. The number of aryl methyl sites for hydroxylation is 3. The van der Waals surface area contributed by atoms with Gasteiger partial charge in [0.25, 0.3) is 0 Å². The van der Waals surface area contributed by atoms with Crippen molar-refractivity contribution in [1.29, 1.82) is 0 Å². The van der Waals surface area contributed by atoms with E-state index in [0.717, 1.165) is 37.7 Å². The molecule has 0 aliphatic rings. The molecule has 0 bridgehead atoms. The molecule has 0 aromatic heterocycles. The fraction of sp³-hybridized carbons (Fsp3) is 0.684. The van der Waals surface area contributed by atoms with Crippen LogP contribution in [0.2, 0.25) is 0 Å². The summed E-state index contributed by atoms with van der Waals surface area (Å²) >= 11 is 0. The van der Waals surface area contributed by atoms with Crippen molar-refractivity contribution in [3.05, 3.63) is 34.4 Å². The van der Waals surface area contributed by atoms with Crippen LogP contribution >= 0.6 is 0 Å². The summed E-state index contributed by atoms with van der Waals surface area (Å²) in [5.74, 6) is 0.165. The average Bonchev–Trinajstić information content (AvgIpc) is 2.39. The predicted octanol–water partition coefficient (Wildman–Crippen LogP) is 5.67. The van der Waals surface area contributed by atoms with Gasteiger partial charge in [-0.3, -0.25) is 0 Å². The van der Waals surface area contributed by atoms with Crippen LogP contribution in [-0.2, 0) is 24.4 Å². The zero-order chi connectivity index (χ0) is 15.1. The van der Waals surface area contributed by atoms with E-state index in [1.165, 1.54) is 23.1 Å². The van der Waals surface area contributed by atoms with Crippen LogP contribution in [0.4, 0.5) is 0 Å². The van der Waals surface area contributed by atoms with Crippen molar-refractivity contribution < 1.29 is 5.11 Å². The van der Waals surface area contributed by atoms with Crippen molar-refractivity contribution in [2.45, 2.75) is 79.2 Å². The molecule has 1 unspecified atom stereocenters. The van der Waals surface area contributed by atoms with Gasteiger partial charge in [-0.25, -0.2) is 5.11 Å². The van der Waals surface area contributed by atoms with Crippen molar-refractivity contribution in [2.75, 3.05) is 0 Å². The van der Waals surface area contributed by atoms with Crippen molar-refractivity contribution in [2.24, 2.45) is 5.92 Å². The fourth-order valence-corrected chi connectivity index (χ4v) is 2.94. The minimum Gasteiger partial charge on any atom is -0.228 e. The maximum Gasteiger partial charge on any atom is 0.121 e. The van der Waals surface area contributed by atoms with Crippen LogP contribution < -0.4 is 0 Å². The van der Waals surface area contributed by atoms with Gasteiger partial charge in [0, 0.05) is 0 Å². The van der Waals surface area contributed by atoms with Gasteiger partial charge in [0.1, 0.15) is 6.10 Å². The summed E-state index contributed by atoms with van der Waals surface area (Å²) in [6.45, 7) is 10.7. The van der Waals surface area contributed by atoms with Crippen LogP contribution in [0.5, 0.6) is 0 Å². The molecule has 1 radical (unpaired) electrons. The third-order valence-electron chi connectivity index (χ3n) is 3.88. The summed E-state index contributed by atoms with van der Waals surface area (Å²) < 4.78 is 0. The quantitative estimate of drug-likeness (QED) is 0.582. The van der Waals surface area contributed by atoms with Crippen LogP contribution in [-0.4, -0.2) is 0 Å². The SMILES string of the molecule is CCCc1cc(CCC)c(C([O])C(C)C)c(CCC)c1. The molecule has 0 fully saturated rings. The Bertz CT molecular complexity index is 379. The minimum absolute atomic E-state index is 0.165. The van der Waals surface area contributed by atoms with Gasteiger partial charge in [-0.15, -0.1) is 0 Å². The van der Waals surface area contributed by atoms with E-state index < -0.39 is 6.10 Å². The summed E-state index contributed by atoms with van der Waals surface area (Å²) in [6.07, 6.45) is 6.01. The lowest BCUT2D eigenvalue weighted by Crippen LogP contribution is -2.12. The second-order valence-corrected chi connectivity index (χ2v) is 6.24. The molecule has 0 saturated carbocycles. The fourth-order valence-electron chi connectivity index (χ4n) is 2.94. The highest BCUT2D eigenvalue weighted by molar-refractivity contribution is 5.41. The normalized spacial score (nSPS) is 12.9. The molecular formula is C19H31O. The molecule has 1 aromatic carbocycles. The lowest BCUT2D eigenvalue weighted by Gasteiger charge is -2.22. The zero-order valence-electron chi connectivity index (χ0n) is 14.0. The molecule has 1 nitrogen and oxygen atoms in total. The standard InChI is InChI=1S/C19H31O/c1-6-9-15-12-16(10-7-2)18(19(20)14(4)5)17(13-15)11-8-3/h12-14,19H,6-11H2,1-5H3. The van der Waals surface area contributed by atoms with Gasteiger partial charge in [-0.2, -0.15) is 0 Å². The lowest BCUT2D eigenvalue weighted by molar-refractivity contribution is 0.0473. The Hall–Kier alpha value is -0.820. The number of rotatable bonds is 8. The van der Waals surface area contributed by atoms with E-state index in [1.807, 2.05) is 13.8 Å². The highest BCUT2D eigenvalue weighted by atomic mass is 16.3. The predicted molar refractivity (Wildman–Crippen MR) is 86.7 cm³/mol. The molecule has 0 N–H and O–H groups in total. The summed E-state index contributed by atoms with van der Waals surface area (Å²) in [6, 6.07) is 4.60. The molecule has 20 heavy (non-hydrogen) atoms. The van der Waals surface area contributed by atoms with Crippen molar-refractivity contribution in [3.8, 4) is 0 Å². The molecule has 113 valence electrons. The van der Waals surface area contributed by atoms with E-state index in [4.69, 9.17) is 0 Å². The van der Waals surface area contributed by atoms with E-state index in [-0.39, 0.29) is 5.92 Å². The Morgan fingerprint density at radius 1 is 0.850 bits per heavy atom. The molecule has 0 aliphatic carbocycles. The topological polar surface area (TPSA) is 19.9 Å². The van der Waals surface area contributed by atoms with Crippen LogP contribution in [0.1, 0.15) is 82.2 Å². The van der Waals surface area contributed by atoms with Gasteiger partial charge in [-0.1, -0.05) is 66.0 Å². The third-order valence-corrected chi connectivity index (χ3v) is 3.88. The second-order valence-electron chi connectivity index (χ2n) is 6.24. The van der Waals surface area contributed by atoms with Gasteiger partial charge < -0.3 is 0 Å². The number of hydrogen-bond donors (Lipinski definition) is 0. The van der Waals surface area contributed by atoms with Crippen LogP contribution in [0.3, 0.4) is 0 Å². The highest BCUT2D eigenvalue weighted by Gasteiger charge is 2.21. The van der Waals surface area contributed by atoms with E-state index >= 15 is 0 Å². The van der Waals surface area contributed by atoms with Gasteiger partial charge in [0.2, 0.25) is 0 Å². The number of benzene rings is 1. The van der Waals surface area contributed by atoms with Gasteiger partial charge in [0.05, 0.1) is 0 Å². The van der Waals surface area contributed by atoms with E-state index in [1.54, 1.807) is 0 Å². The Morgan fingerprint density at radius 2 is 1.30 bits per heavy atom. The van der Waals surface area contributed by atoms with Gasteiger partial charge in [0.15, 0.2) is 0 Å². The summed E-state index contributed by atoms with van der Waals surface area (Å²) in [7, 11) is 0. The van der Waals surface area contributed by atoms with Crippen LogP contribution in [0.25, 0.3) is 0 Å². The third kappa shape index (κ3) is 4.34. The second kappa shape index (κ2) is 8.46. The smallest absolute Gasteiger partial charge is 0.121 e. The molecule has 1 heteroatoms. The van der Waals surface area contributed by atoms with Crippen molar-refractivity contribution in [1.82, 2.24) is 0 Å². The van der Waals surface area contributed by atoms with E-state index in [2.05, 4.69) is 32.9 Å². The first kappa shape index (κ1) is 17.2. The first-order valence-corrected chi connectivity index (χ1v) is 8.35. The van der Waals surface area contributed by atoms with Crippen LogP contribution in [0, 0.1) is 5.92 Å². The van der Waals surface area contributed by atoms with Crippen molar-refractivity contribution in [3.63, 3.8) is 0 Å². The monoisotopic (exact) mass is 275 g/mol. The summed E-state index contributed by atoms with van der Waals surface area (Å²) in [4.78, 5) is 0. The van der Waals surface area contributed by atoms with Gasteiger partial charge in [-0.05, 0) is 47.4 Å². The first-order chi connectivity index (χ1) is 9.54.